The van der Waals surface area contributed by atoms with Crippen molar-refractivity contribution < 1.29 is 13.5 Å². The highest BCUT2D eigenvalue weighted by atomic mass is 19.3. The van der Waals surface area contributed by atoms with Gasteiger partial charge >= 0.3 is 6.55 Å². The van der Waals surface area contributed by atoms with Crippen LogP contribution in [0.1, 0.15) is 30.8 Å². The molecule has 2 rings (SSSR count). The summed E-state index contributed by atoms with van der Waals surface area (Å²) in [6.45, 7) is -1.31. The average molecular weight is 320 g/mol. The van der Waals surface area contributed by atoms with E-state index in [0.29, 0.717) is 31.8 Å². The molecule has 122 valence electrons. The van der Waals surface area contributed by atoms with Gasteiger partial charge in [0.15, 0.2) is 0 Å². The fourth-order valence-electron chi connectivity index (χ4n) is 2.06. The third-order valence-electron chi connectivity index (χ3n) is 3.17. The summed E-state index contributed by atoms with van der Waals surface area (Å²) in [4.78, 5) is 3.91. The van der Waals surface area contributed by atoms with Gasteiger partial charge in [-0.2, -0.15) is 14.0 Å². The Labute approximate surface area is 133 Å². The van der Waals surface area contributed by atoms with Gasteiger partial charge in [-0.15, -0.1) is 0 Å². The van der Waals surface area contributed by atoms with Crippen molar-refractivity contribution in [3.8, 4) is 11.8 Å². The predicted octanol–water partition coefficient (Wildman–Crippen LogP) is 3.25. The largest absolute Gasteiger partial charge is 0.494 e. The Hall–Kier alpha value is -2.46. The van der Waals surface area contributed by atoms with Gasteiger partial charge in [0.05, 0.1) is 19.2 Å². The Morgan fingerprint density at radius 3 is 3.00 bits per heavy atom. The van der Waals surface area contributed by atoms with E-state index < -0.39 is 6.55 Å². The normalized spacial score (nSPS) is 10.7. The Balaban J connectivity index is 1.81. The molecule has 1 aromatic carbocycles. The molecule has 5 nitrogen and oxygen atoms in total. The number of hydrogen-bond acceptors (Lipinski definition) is 4. The number of rotatable bonds is 9. The zero-order chi connectivity index (χ0) is 16.5. The van der Waals surface area contributed by atoms with Crippen LogP contribution in [0.15, 0.2) is 36.7 Å². The molecule has 0 spiro atoms. The molecule has 0 fully saturated rings. The summed E-state index contributed by atoms with van der Waals surface area (Å²) in [5.41, 5.74) is 0.984. The molecule has 0 radical (unpaired) electrons. The second-order valence-corrected chi connectivity index (χ2v) is 4.89. The van der Waals surface area contributed by atoms with E-state index in [-0.39, 0.29) is 6.54 Å². The molecule has 2 aromatic rings. The number of aromatic nitrogens is 2. The topological polar surface area (TPSA) is 62.9 Å². The molecule has 7 heteroatoms. The summed E-state index contributed by atoms with van der Waals surface area (Å²) in [6, 6.07) is 9.60. The zero-order valence-electron chi connectivity index (χ0n) is 12.6. The second-order valence-electron chi connectivity index (χ2n) is 4.89. The number of halogens is 2. The first-order chi connectivity index (χ1) is 11.2. The van der Waals surface area contributed by atoms with Crippen molar-refractivity contribution in [2.45, 2.75) is 32.5 Å². The maximum atomic E-state index is 12.7. The summed E-state index contributed by atoms with van der Waals surface area (Å²) in [7, 11) is 0. The van der Waals surface area contributed by atoms with Crippen LogP contribution in [0, 0.1) is 11.3 Å². The van der Waals surface area contributed by atoms with Crippen molar-refractivity contribution in [3.63, 3.8) is 0 Å². The third kappa shape index (κ3) is 5.34. The number of hydrogen-bond donors (Lipinski definition) is 1. The van der Waals surface area contributed by atoms with Crippen LogP contribution < -0.4 is 10.1 Å². The van der Waals surface area contributed by atoms with Gasteiger partial charge < -0.3 is 10.1 Å². The molecule has 0 aliphatic heterocycles. The predicted molar refractivity (Wildman–Crippen MR) is 80.8 cm³/mol. The third-order valence-corrected chi connectivity index (χ3v) is 3.17. The van der Waals surface area contributed by atoms with E-state index in [1.54, 1.807) is 0 Å². The number of ether oxygens (including phenoxy) is 1. The lowest BCUT2D eigenvalue weighted by atomic mass is 10.2. The fourth-order valence-corrected chi connectivity index (χ4v) is 2.06. The van der Waals surface area contributed by atoms with Gasteiger partial charge in [0.1, 0.15) is 11.6 Å². The molecule has 0 saturated carbocycles. The van der Waals surface area contributed by atoms with Gasteiger partial charge in [-0.3, -0.25) is 4.57 Å². The van der Waals surface area contributed by atoms with E-state index in [1.165, 1.54) is 12.4 Å². The van der Waals surface area contributed by atoms with E-state index in [4.69, 9.17) is 10.00 Å². The van der Waals surface area contributed by atoms with E-state index in [9.17, 15) is 8.78 Å². The lowest BCUT2D eigenvalue weighted by Crippen LogP contribution is -2.17. The Kier molecular flexibility index (Phi) is 6.51. The number of unbranched alkanes of at least 4 members (excludes halogenated alkanes) is 1. The van der Waals surface area contributed by atoms with Crippen LogP contribution in [0.3, 0.4) is 0 Å². The minimum Gasteiger partial charge on any atom is -0.494 e. The molecule has 1 aromatic heterocycles. The smallest absolute Gasteiger partial charge is 0.319 e. The molecule has 23 heavy (non-hydrogen) atoms. The summed E-state index contributed by atoms with van der Waals surface area (Å²) < 4.78 is 31.8. The molecule has 0 amide bonds. The van der Waals surface area contributed by atoms with Gasteiger partial charge in [0.25, 0.3) is 0 Å². The number of nitrogens with one attached hydrogen (secondary N) is 1. The molecule has 0 atom stereocenters. The minimum absolute atomic E-state index is 0.255. The quantitative estimate of drug-likeness (QED) is 0.720. The average Bonchev–Trinajstić information content (AvgIpc) is 3.01. The van der Waals surface area contributed by atoms with Gasteiger partial charge in [-0.05, 0) is 24.1 Å². The maximum absolute atomic E-state index is 12.7. The van der Waals surface area contributed by atoms with Gasteiger partial charge in [0, 0.05) is 25.4 Å². The van der Waals surface area contributed by atoms with Crippen LogP contribution in [-0.2, 0) is 13.1 Å². The molecule has 1 N–H and O–H groups in total. The lowest BCUT2D eigenvalue weighted by Gasteiger charge is -2.09. The number of benzene rings is 1. The second kappa shape index (κ2) is 8.86. The highest BCUT2D eigenvalue weighted by molar-refractivity contribution is 5.28. The van der Waals surface area contributed by atoms with Crippen LogP contribution in [0.5, 0.6) is 5.75 Å². The first-order valence-electron chi connectivity index (χ1n) is 7.30. The lowest BCUT2D eigenvalue weighted by molar-refractivity contribution is 0.0666. The molecule has 1 heterocycles. The molecular weight excluding hydrogens is 302 g/mol. The zero-order valence-corrected chi connectivity index (χ0v) is 12.6. The Morgan fingerprint density at radius 2 is 2.22 bits per heavy atom. The van der Waals surface area contributed by atoms with Crippen molar-refractivity contribution in [2.24, 2.45) is 0 Å². The highest BCUT2D eigenvalue weighted by Crippen LogP contribution is 2.15. The van der Waals surface area contributed by atoms with E-state index in [0.717, 1.165) is 15.9 Å². The highest BCUT2D eigenvalue weighted by Gasteiger charge is 2.10. The van der Waals surface area contributed by atoms with Crippen LogP contribution in [0.4, 0.5) is 8.78 Å². The van der Waals surface area contributed by atoms with Crippen LogP contribution in [-0.4, -0.2) is 16.2 Å². The first kappa shape index (κ1) is 16.9. The minimum atomic E-state index is -2.58. The monoisotopic (exact) mass is 320 g/mol. The summed E-state index contributed by atoms with van der Waals surface area (Å²) >= 11 is 0. The first-order valence-corrected chi connectivity index (χ1v) is 7.30. The van der Waals surface area contributed by atoms with E-state index >= 15 is 0 Å². The molecule has 0 bridgehead atoms. The molecular formula is C16H18F2N4O. The number of alkyl halides is 2. The Morgan fingerprint density at radius 1 is 1.35 bits per heavy atom. The number of nitrogens with zero attached hydrogens (tertiary/aromatic N) is 3. The van der Waals surface area contributed by atoms with Gasteiger partial charge in [0.2, 0.25) is 0 Å². The van der Waals surface area contributed by atoms with Crippen LogP contribution in [0.2, 0.25) is 0 Å². The van der Waals surface area contributed by atoms with Crippen molar-refractivity contribution in [1.29, 1.82) is 5.26 Å². The van der Waals surface area contributed by atoms with E-state index in [2.05, 4.69) is 16.4 Å². The maximum Gasteiger partial charge on any atom is 0.319 e. The summed E-state index contributed by atoms with van der Waals surface area (Å²) in [5.74, 6) is 1.03. The fraction of sp³-hybridized carbons (Fsp3) is 0.375. The molecule has 0 unspecified atom stereocenters. The SMILES string of the molecule is N#CCCCOc1cccc(CNCc2nccn2C(F)F)c1. The van der Waals surface area contributed by atoms with Crippen LogP contribution >= 0.6 is 0 Å². The molecule has 0 aliphatic carbocycles. The summed E-state index contributed by atoms with van der Waals surface area (Å²) in [6.07, 6.45) is 3.78. The van der Waals surface area contributed by atoms with Crippen molar-refractivity contribution in [3.05, 3.63) is 48.0 Å². The van der Waals surface area contributed by atoms with Gasteiger partial charge in [-0.1, -0.05) is 12.1 Å². The van der Waals surface area contributed by atoms with E-state index in [1.807, 2.05) is 24.3 Å². The van der Waals surface area contributed by atoms with Gasteiger partial charge in [-0.25, -0.2) is 4.98 Å². The van der Waals surface area contributed by atoms with Crippen molar-refractivity contribution in [2.75, 3.05) is 6.61 Å². The number of nitriles is 1. The standard InChI is InChI=1S/C16H18F2N4O/c17-16(18)22-8-7-21-15(22)12-20-11-13-4-3-5-14(10-13)23-9-2-1-6-19/h3-5,7-8,10,16,20H,1-2,9,11-12H2. The van der Waals surface area contributed by atoms with Crippen molar-refractivity contribution >= 4 is 0 Å². The Bertz CT molecular complexity index is 652. The molecule has 0 aliphatic rings. The molecule has 0 saturated heterocycles. The number of imidazole rings is 1. The van der Waals surface area contributed by atoms with Crippen molar-refractivity contribution in [1.82, 2.24) is 14.9 Å². The van der Waals surface area contributed by atoms with Crippen LogP contribution in [0.25, 0.3) is 0 Å². The summed E-state index contributed by atoms with van der Waals surface area (Å²) in [5, 5.41) is 11.6.